The van der Waals surface area contributed by atoms with E-state index in [1.165, 1.54) is 0 Å². The number of hydrogen-bond donors (Lipinski definition) is 2. The van der Waals surface area contributed by atoms with Gasteiger partial charge in [-0.2, -0.15) is 5.10 Å². The minimum atomic E-state index is 0.690. The van der Waals surface area contributed by atoms with E-state index in [-0.39, 0.29) is 0 Å². The highest BCUT2D eigenvalue weighted by Gasteiger charge is 2.22. The molecule has 0 saturated carbocycles. The number of aromatic nitrogens is 6. The predicted molar refractivity (Wildman–Crippen MR) is 85.5 cm³/mol. The molecule has 0 aromatic carbocycles. The second kappa shape index (κ2) is 5.65. The number of nitrogens with one attached hydrogen (secondary N) is 2. The third-order valence-corrected chi connectivity index (χ3v) is 4.46. The fourth-order valence-corrected chi connectivity index (χ4v) is 3.20. The summed E-state index contributed by atoms with van der Waals surface area (Å²) in [5.41, 5.74) is 0.690. The number of anilines is 1. The van der Waals surface area contributed by atoms with Crippen molar-refractivity contribution in [3.63, 3.8) is 0 Å². The normalized spacial score (nSPS) is 16.5. The van der Waals surface area contributed by atoms with Gasteiger partial charge in [-0.3, -0.25) is 10.00 Å². The third-order valence-electron chi connectivity index (χ3n) is 3.89. The number of halogens is 1. The molecule has 1 fully saturated rings. The molecule has 2 N–H and O–H groups in total. The average molecular weight is 363 g/mol. The lowest BCUT2D eigenvalue weighted by Crippen LogP contribution is -2.46. The van der Waals surface area contributed by atoms with Crippen LogP contribution in [0.15, 0.2) is 23.3 Å². The van der Waals surface area contributed by atoms with E-state index < -0.39 is 0 Å². The molecule has 1 aliphatic rings. The van der Waals surface area contributed by atoms with Crippen molar-refractivity contribution in [3.05, 3.63) is 29.1 Å². The summed E-state index contributed by atoms with van der Waals surface area (Å²) in [6.45, 7) is 4.65. The van der Waals surface area contributed by atoms with E-state index in [0.717, 1.165) is 54.4 Å². The molecule has 4 rings (SSSR count). The third kappa shape index (κ3) is 2.46. The summed E-state index contributed by atoms with van der Waals surface area (Å²) in [5.74, 6) is 1.94. The van der Waals surface area contributed by atoms with Gasteiger partial charge in [-0.25, -0.2) is 15.0 Å². The van der Waals surface area contributed by atoms with Gasteiger partial charge in [-0.05, 0) is 15.9 Å². The first kappa shape index (κ1) is 13.6. The highest BCUT2D eigenvalue weighted by Crippen LogP contribution is 2.28. The molecule has 0 atom stereocenters. The highest BCUT2D eigenvalue weighted by molar-refractivity contribution is 9.10. The van der Waals surface area contributed by atoms with Crippen LogP contribution in [0.1, 0.15) is 5.82 Å². The lowest BCUT2D eigenvalue weighted by molar-refractivity contribution is 0.244. The van der Waals surface area contributed by atoms with Gasteiger partial charge in [-0.1, -0.05) is 0 Å². The Labute approximate surface area is 135 Å². The molecule has 9 heteroatoms. The van der Waals surface area contributed by atoms with Crippen LogP contribution in [-0.2, 0) is 6.54 Å². The maximum absolute atomic E-state index is 4.45. The first-order chi connectivity index (χ1) is 10.8. The van der Waals surface area contributed by atoms with E-state index in [1.807, 2.05) is 6.20 Å². The van der Waals surface area contributed by atoms with E-state index in [1.54, 1.807) is 12.5 Å². The molecular weight excluding hydrogens is 348 g/mol. The van der Waals surface area contributed by atoms with Crippen LogP contribution in [0, 0.1) is 0 Å². The zero-order valence-electron chi connectivity index (χ0n) is 11.8. The number of imidazole rings is 1. The molecule has 0 radical (unpaired) electrons. The van der Waals surface area contributed by atoms with E-state index >= 15 is 0 Å². The SMILES string of the molecule is Brc1[nH]nc2ncnc(N3CCN(Cc4ncc[nH]4)CC3)c12. The number of hydrogen-bond acceptors (Lipinski definition) is 6. The maximum atomic E-state index is 4.45. The molecule has 0 aliphatic carbocycles. The quantitative estimate of drug-likeness (QED) is 0.726. The molecule has 3 aromatic rings. The summed E-state index contributed by atoms with van der Waals surface area (Å²) in [7, 11) is 0. The topological polar surface area (TPSA) is 89.6 Å². The van der Waals surface area contributed by atoms with Gasteiger partial charge < -0.3 is 9.88 Å². The van der Waals surface area contributed by atoms with Crippen molar-refractivity contribution in [2.75, 3.05) is 31.1 Å². The van der Waals surface area contributed by atoms with Crippen molar-refractivity contribution >= 4 is 32.8 Å². The summed E-state index contributed by atoms with van der Waals surface area (Å²) in [4.78, 5) is 20.7. The van der Waals surface area contributed by atoms with Gasteiger partial charge in [0.15, 0.2) is 5.65 Å². The Morgan fingerprint density at radius 3 is 2.77 bits per heavy atom. The Balaban J connectivity index is 1.50. The average Bonchev–Trinajstić information content (AvgIpc) is 3.18. The van der Waals surface area contributed by atoms with Crippen molar-refractivity contribution in [3.8, 4) is 0 Å². The molecule has 22 heavy (non-hydrogen) atoms. The Morgan fingerprint density at radius 1 is 1.14 bits per heavy atom. The van der Waals surface area contributed by atoms with Crippen molar-refractivity contribution in [1.82, 2.24) is 35.0 Å². The summed E-state index contributed by atoms with van der Waals surface area (Å²) in [6, 6.07) is 0. The second-order valence-corrected chi connectivity index (χ2v) is 6.03. The number of piperazine rings is 1. The van der Waals surface area contributed by atoms with Crippen LogP contribution in [0.2, 0.25) is 0 Å². The van der Waals surface area contributed by atoms with E-state index in [9.17, 15) is 0 Å². The van der Waals surface area contributed by atoms with Gasteiger partial charge in [-0.15, -0.1) is 0 Å². The lowest BCUT2D eigenvalue weighted by Gasteiger charge is -2.35. The monoisotopic (exact) mass is 362 g/mol. The van der Waals surface area contributed by atoms with Gasteiger partial charge in [0.05, 0.1) is 11.9 Å². The molecular formula is C13H15BrN8. The fraction of sp³-hybridized carbons (Fsp3) is 0.385. The zero-order valence-corrected chi connectivity index (χ0v) is 13.4. The molecule has 0 unspecified atom stereocenters. The Bertz CT molecular complexity index is 760. The van der Waals surface area contributed by atoms with Crippen LogP contribution < -0.4 is 4.90 Å². The standard InChI is InChI=1S/C13H15BrN8/c14-11-10-12(20-19-11)17-8-18-13(10)22-5-3-21(4-6-22)7-9-15-1-2-16-9/h1-2,8H,3-7H2,(H,15,16)(H,17,18,19,20). The summed E-state index contributed by atoms with van der Waals surface area (Å²) in [6.07, 6.45) is 5.22. The smallest absolute Gasteiger partial charge is 0.187 e. The van der Waals surface area contributed by atoms with E-state index in [4.69, 9.17) is 0 Å². The molecule has 0 spiro atoms. The number of nitrogens with zero attached hydrogens (tertiary/aromatic N) is 6. The molecule has 3 aromatic heterocycles. The van der Waals surface area contributed by atoms with Gasteiger partial charge in [0, 0.05) is 38.6 Å². The van der Waals surface area contributed by atoms with Crippen LogP contribution in [0.25, 0.3) is 11.0 Å². The molecule has 4 heterocycles. The molecule has 8 nitrogen and oxygen atoms in total. The fourth-order valence-electron chi connectivity index (χ4n) is 2.76. The predicted octanol–water partition coefficient (Wildman–Crippen LogP) is 1.16. The summed E-state index contributed by atoms with van der Waals surface area (Å²) < 4.78 is 0.830. The minimum absolute atomic E-state index is 0.690. The summed E-state index contributed by atoms with van der Waals surface area (Å²) >= 11 is 3.49. The van der Waals surface area contributed by atoms with Gasteiger partial charge >= 0.3 is 0 Å². The van der Waals surface area contributed by atoms with Crippen LogP contribution in [-0.4, -0.2) is 61.2 Å². The summed E-state index contributed by atoms with van der Waals surface area (Å²) in [5, 5.41) is 8.02. The Hall–Kier alpha value is -2.00. The van der Waals surface area contributed by atoms with Crippen molar-refractivity contribution < 1.29 is 0 Å². The molecule has 114 valence electrons. The van der Waals surface area contributed by atoms with E-state index in [0.29, 0.717) is 5.65 Å². The van der Waals surface area contributed by atoms with Crippen molar-refractivity contribution in [2.45, 2.75) is 6.54 Å². The van der Waals surface area contributed by atoms with Crippen LogP contribution in [0.3, 0.4) is 0 Å². The lowest BCUT2D eigenvalue weighted by atomic mass is 10.2. The highest BCUT2D eigenvalue weighted by atomic mass is 79.9. The van der Waals surface area contributed by atoms with Crippen molar-refractivity contribution in [2.24, 2.45) is 0 Å². The second-order valence-electron chi connectivity index (χ2n) is 5.23. The first-order valence-electron chi connectivity index (χ1n) is 7.11. The largest absolute Gasteiger partial charge is 0.353 e. The van der Waals surface area contributed by atoms with Crippen LogP contribution in [0.4, 0.5) is 5.82 Å². The number of H-pyrrole nitrogens is 2. The molecule has 1 saturated heterocycles. The number of rotatable bonds is 3. The van der Waals surface area contributed by atoms with E-state index in [2.05, 4.69) is 55.9 Å². The minimum Gasteiger partial charge on any atom is -0.353 e. The van der Waals surface area contributed by atoms with Gasteiger partial charge in [0.2, 0.25) is 0 Å². The Morgan fingerprint density at radius 2 is 2.00 bits per heavy atom. The van der Waals surface area contributed by atoms with Gasteiger partial charge in [0.25, 0.3) is 0 Å². The zero-order chi connectivity index (χ0) is 14.9. The Kier molecular flexibility index (Phi) is 3.51. The van der Waals surface area contributed by atoms with Crippen LogP contribution >= 0.6 is 15.9 Å². The van der Waals surface area contributed by atoms with Crippen LogP contribution in [0.5, 0.6) is 0 Å². The number of aromatic amines is 2. The maximum Gasteiger partial charge on any atom is 0.187 e. The van der Waals surface area contributed by atoms with Crippen molar-refractivity contribution in [1.29, 1.82) is 0 Å². The molecule has 0 bridgehead atoms. The first-order valence-corrected chi connectivity index (χ1v) is 7.90. The van der Waals surface area contributed by atoms with Gasteiger partial charge in [0.1, 0.15) is 22.6 Å². The molecule has 0 amide bonds. The number of fused-ring (bicyclic) bond motifs is 1. The molecule has 1 aliphatic heterocycles.